The van der Waals surface area contributed by atoms with E-state index in [-0.39, 0.29) is 18.2 Å². The summed E-state index contributed by atoms with van der Waals surface area (Å²) in [5, 5.41) is 7.76. The topological polar surface area (TPSA) is 110 Å². The smallest absolute Gasteiger partial charge is 0.287 e. The summed E-state index contributed by atoms with van der Waals surface area (Å²) in [5.74, 6) is -0.477. The molecule has 1 aromatic carbocycles. The Morgan fingerprint density at radius 2 is 2.12 bits per heavy atom. The van der Waals surface area contributed by atoms with Crippen molar-refractivity contribution in [3.05, 3.63) is 42.4 Å². The van der Waals surface area contributed by atoms with E-state index in [1.165, 1.54) is 12.3 Å². The lowest BCUT2D eigenvalue weighted by atomic mass is 10.2. The number of nitrogens with one attached hydrogen (secondary N) is 3. The van der Waals surface area contributed by atoms with E-state index in [0.29, 0.717) is 17.1 Å². The van der Waals surface area contributed by atoms with Crippen LogP contribution in [0, 0.1) is 0 Å². The van der Waals surface area contributed by atoms with Crippen molar-refractivity contribution in [3.8, 4) is 5.75 Å². The Morgan fingerprint density at radius 1 is 1.29 bits per heavy atom. The maximum absolute atomic E-state index is 11.9. The SMILES string of the molecule is C[C@H]1Oc2ccc(NC(=O)CNC(=O)c3ccco3)cc2NC1=O. The molecule has 1 aliphatic heterocycles. The third kappa shape index (κ3) is 3.37. The van der Waals surface area contributed by atoms with Gasteiger partial charge in [0, 0.05) is 5.69 Å². The number of ether oxygens (including phenoxy) is 1. The number of amides is 3. The molecule has 0 spiro atoms. The van der Waals surface area contributed by atoms with Crippen LogP contribution in [0.5, 0.6) is 5.75 Å². The van der Waals surface area contributed by atoms with Crippen LogP contribution in [-0.4, -0.2) is 30.4 Å². The quantitative estimate of drug-likeness (QED) is 0.785. The van der Waals surface area contributed by atoms with Crippen LogP contribution in [0.15, 0.2) is 41.0 Å². The Labute approximate surface area is 137 Å². The third-order valence-corrected chi connectivity index (χ3v) is 3.35. The van der Waals surface area contributed by atoms with Crippen LogP contribution in [0.3, 0.4) is 0 Å². The lowest BCUT2D eigenvalue weighted by Crippen LogP contribution is -2.34. The molecule has 3 amide bonds. The number of benzene rings is 1. The van der Waals surface area contributed by atoms with Gasteiger partial charge in [-0.15, -0.1) is 0 Å². The second-order valence-electron chi connectivity index (χ2n) is 5.17. The summed E-state index contributed by atoms with van der Waals surface area (Å²) in [6.07, 6.45) is 0.814. The third-order valence-electron chi connectivity index (χ3n) is 3.35. The molecule has 3 N–H and O–H groups in total. The Kier molecular flexibility index (Phi) is 4.19. The molecule has 24 heavy (non-hydrogen) atoms. The van der Waals surface area contributed by atoms with Gasteiger partial charge in [0.05, 0.1) is 18.5 Å². The predicted molar refractivity (Wildman–Crippen MR) is 84.8 cm³/mol. The fourth-order valence-electron chi connectivity index (χ4n) is 2.15. The molecule has 0 aliphatic carbocycles. The number of fused-ring (bicyclic) bond motifs is 1. The Balaban J connectivity index is 1.58. The zero-order chi connectivity index (χ0) is 17.1. The van der Waals surface area contributed by atoms with Crippen molar-refractivity contribution < 1.29 is 23.5 Å². The Morgan fingerprint density at radius 3 is 2.88 bits per heavy atom. The van der Waals surface area contributed by atoms with E-state index in [1.54, 1.807) is 31.2 Å². The van der Waals surface area contributed by atoms with E-state index in [1.807, 2.05) is 0 Å². The normalized spacial score (nSPS) is 15.7. The van der Waals surface area contributed by atoms with Crippen LogP contribution in [0.25, 0.3) is 0 Å². The molecule has 3 rings (SSSR count). The fraction of sp³-hybridized carbons (Fsp3) is 0.188. The molecule has 2 heterocycles. The van der Waals surface area contributed by atoms with Gasteiger partial charge in [0.1, 0.15) is 5.75 Å². The zero-order valence-corrected chi connectivity index (χ0v) is 12.8. The van der Waals surface area contributed by atoms with Gasteiger partial charge >= 0.3 is 0 Å². The Bertz CT molecular complexity index is 785. The number of carbonyl (C=O) groups is 3. The van der Waals surface area contributed by atoms with Crippen molar-refractivity contribution in [2.75, 3.05) is 17.2 Å². The molecular formula is C16H15N3O5. The number of anilines is 2. The van der Waals surface area contributed by atoms with E-state index in [4.69, 9.17) is 9.15 Å². The van der Waals surface area contributed by atoms with Crippen LogP contribution < -0.4 is 20.7 Å². The number of furan rings is 1. The number of hydrogen-bond donors (Lipinski definition) is 3. The van der Waals surface area contributed by atoms with Crippen molar-refractivity contribution in [1.29, 1.82) is 0 Å². The van der Waals surface area contributed by atoms with Gasteiger partial charge in [0.15, 0.2) is 11.9 Å². The minimum Gasteiger partial charge on any atom is -0.479 e. The first-order valence-corrected chi connectivity index (χ1v) is 7.26. The molecule has 2 aromatic rings. The fourth-order valence-corrected chi connectivity index (χ4v) is 2.15. The highest BCUT2D eigenvalue weighted by Crippen LogP contribution is 2.32. The molecular weight excluding hydrogens is 314 g/mol. The second-order valence-corrected chi connectivity index (χ2v) is 5.17. The van der Waals surface area contributed by atoms with Crippen LogP contribution in [0.4, 0.5) is 11.4 Å². The standard InChI is InChI=1S/C16H15N3O5/c1-9-15(21)19-11-7-10(4-5-12(11)24-9)18-14(20)8-17-16(22)13-3-2-6-23-13/h2-7,9H,8H2,1H3,(H,17,22)(H,18,20)(H,19,21)/t9-/m1/s1. The monoisotopic (exact) mass is 329 g/mol. The summed E-state index contributed by atoms with van der Waals surface area (Å²) < 4.78 is 10.4. The van der Waals surface area contributed by atoms with Crippen LogP contribution >= 0.6 is 0 Å². The summed E-state index contributed by atoms with van der Waals surface area (Å²) in [7, 11) is 0. The summed E-state index contributed by atoms with van der Waals surface area (Å²) >= 11 is 0. The first-order chi connectivity index (χ1) is 11.5. The van der Waals surface area contributed by atoms with E-state index in [9.17, 15) is 14.4 Å². The number of rotatable bonds is 4. The largest absolute Gasteiger partial charge is 0.479 e. The van der Waals surface area contributed by atoms with Crippen molar-refractivity contribution in [2.24, 2.45) is 0 Å². The van der Waals surface area contributed by atoms with Crippen LogP contribution in [-0.2, 0) is 9.59 Å². The first-order valence-electron chi connectivity index (χ1n) is 7.26. The second kappa shape index (κ2) is 6.45. The minimum atomic E-state index is -0.560. The predicted octanol–water partition coefficient (Wildman–Crippen LogP) is 1.37. The minimum absolute atomic E-state index is 0.130. The van der Waals surface area contributed by atoms with Crippen LogP contribution in [0.2, 0.25) is 0 Å². The van der Waals surface area contributed by atoms with Gasteiger partial charge in [-0.2, -0.15) is 0 Å². The summed E-state index contributed by atoms with van der Waals surface area (Å²) in [6.45, 7) is 1.44. The molecule has 8 heteroatoms. The van der Waals surface area contributed by atoms with Crippen molar-refractivity contribution in [1.82, 2.24) is 5.32 Å². The van der Waals surface area contributed by atoms with Gasteiger partial charge in [-0.3, -0.25) is 14.4 Å². The molecule has 0 saturated heterocycles. The summed E-state index contributed by atoms with van der Waals surface area (Å²) in [6, 6.07) is 7.97. The molecule has 0 saturated carbocycles. The zero-order valence-electron chi connectivity index (χ0n) is 12.8. The van der Waals surface area contributed by atoms with Crippen LogP contribution in [0.1, 0.15) is 17.5 Å². The highest BCUT2D eigenvalue weighted by atomic mass is 16.5. The van der Waals surface area contributed by atoms with Gasteiger partial charge in [-0.25, -0.2) is 0 Å². The average Bonchev–Trinajstić information content (AvgIpc) is 3.08. The molecule has 1 aromatic heterocycles. The molecule has 0 unspecified atom stereocenters. The Hall–Kier alpha value is -3.29. The van der Waals surface area contributed by atoms with Gasteiger partial charge in [0.2, 0.25) is 5.91 Å². The van der Waals surface area contributed by atoms with E-state index >= 15 is 0 Å². The molecule has 8 nitrogen and oxygen atoms in total. The molecule has 1 aliphatic rings. The summed E-state index contributed by atoms with van der Waals surface area (Å²) in [4.78, 5) is 35.2. The maximum atomic E-state index is 11.9. The highest BCUT2D eigenvalue weighted by Gasteiger charge is 2.23. The van der Waals surface area contributed by atoms with E-state index in [0.717, 1.165) is 0 Å². The van der Waals surface area contributed by atoms with E-state index < -0.39 is 17.9 Å². The molecule has 0 fully saturated rings. The molecule has 0 radical (unpaired) electrons. The average molecular weight is 329 g/mol. The van der Waals surface area contributed by atoms with Gasteiger partial charge in [-0.05, 0) is 37.3 Å². The van der Waals surface area contributed by atoms with Gasteiger partial charge in [0.25, 0.3) is 11.8 Å². The number of hydrogen-bond acceptors (Lipinski definition) is 5. The van der Waals surface area contributed by atoms with Gasteiger partial charge in [-0.1, -0.05) is 0 Å². The van der Waals surface area contributed by atoms with Gasteiger partial charge < -0.3 is 25.1 Å². The highest BCUT2D eigenvalue weighted by molar-refractivity contribution is 6.00. The lowest BCUT2D eigenvalue weighted by molar-refractivity contribution is -0.122. The maximum Gasteiger partial charge on any atom is 0.287 e. The van der Waals surface area contributed by atoms with E-state index in [2.05, 4.69) is 16.0 Å². The lowest BCUT2D eigenvalue weighted by Gasteiger charge is -2.23. The first kappa shape index (κ1) is 15.6. The molecule has 0 bridgehead atoms. The summed E-state index contributed by atoms with van der Waals surface area (Å²) in [5.41, 5.74) is 0.958. The number of carbonyl (C=O) groups excluding carboxylic acids is 3. The molecule has 1 atom stereocenters. The van der Waals surface area contributed by atoms with Crippen molar-refractivity contribution in [3.63, 3.8) is 0 Å². The van der Waals surface area contributed by atoms with Crippen molar-refractivity contribution in [2.45, 2.75) is 13.0 Å². The molecule has 124 valence electrons. The van der Waals surface area contributed by atoms with Crippen molar-refractivity contribution >= 4 is 29.1 Å².